The molecule has 6 nitrogen and oxygen atoms in total. The molecule has 2 heterocycles. The number of hydrogen-bond acceptors (Lipinski definition) is 5. The maximum absolute atomic E-state index is 13.8. The molecule has 2 aromatic carbocycles. The minimum absolute atomic E-state index is 0.0931. The fourth-order valence-electron chi connectivity index (χ4n) is 4.60. The molecule has 0 bridgehead atoms. The highest BCUT2D eigenvalue weighted by atomic mass is 16.5. The Morgan fingerprint density at radius 2 is 1.88 bits per heavy atom. The molecule has 3 aromatic rings. The van der Waals surface area contributed by atoms with E-state index in [0.29, 0.717) is 41.2 Å². The molecule has 6 heteroatoms. The zero-order valence-electron chi connectivity index (χ0n) is 20.3. The minimum atomic E-state index is -0.606. The molecule has 0 fully saturated rings. The molecule has 1 aliphatic rings. The largest absolute Gasteiger partial charge is 0.490 e. The third-order valence-corrected chi connectivity index (χ3v) is 6.08. The van der Waals surface area contributed by atoms with Crippen LogP contribution in [0.1, 0.15) is 65.5 Å². The second-order valence-electron chi connectivity index (χ2n) is 8.62. The summed E-state index contributed by atoms with van der Waals surface area (Å²) in [5.41, 5.74) is 3.17. The summed E-state index contributed by atoms with van der Waals surface area (Å²) in [7, 11) is 0. The van der Waals surface area contributed by atoms with Crippen molar-refractivity contribution in [3.8, 4) is 11.5 Å². The van der Waals surface area contributed by atoms with Crippen LogP contribution in [0.3, 0.4) is 0 Å². The van der Waals surface area contributed by atoms with E-state index in [0.717, 1.165) is 29.5 Å². The zero-order chi connectivity index (χ0) is 24.4. The lowest BCUT2D eigenvalue weighted by atomic mass is 9.96. The van der Waals surface area contributed by atoms with Crippen molar-refractivity contribution < 1.29 is 18.7 Å². The quantitative estimate of drug-likeness (QED) is 0.301. The third kappa shape index (κ3) is 4.09. The van der Waals surface area contributed by atoms with Gasteiger partial charge in [-0.3, -0.25) is 9.59 Å². The van der Waals surface area contributed by atoms with E-state index in [4.69, 9.17) is 13.9 Å². The number of benzene rings is 2. The molecule has 34 heavy (non-hydrogen) atoms. The van der Waals surface area contributed by atoms with E-state index in [1.165, 1.54) is 0 Å². The third-order valence-electron chi connectivity index (χ3n) is 6.08. The lowest BCUT2D eigenvalue weighted by molar-refractivity contribution is 0.0748. The van der Waals surface area contributed by atoms with Crippen molar-refractivity contribution in [1.82, 2.24) is 4.90 Å². The van der Waals surface area contributed by atoms with Crippen molar-refractivity contribution in [2.45, 2.75) is 46.6 Å². The van der Waals surface area contributed by atoms with Gasteiger partial charge >= 0.3 is 0 Å². The first kappa shape index (κ1) is 23.6. The molecule has 1 aromatic heterocycles. The molecule has 0 N–H and O–H groups in total. The number of hydrogen-bond donors (Lipinski definition) is 0. The normalized spacial score (nSPS) is 15.0. The van der Waals surface area contributed by atoms with Gasteiger partial charge < -0.3 is 18.8 Å². The van der Waals surface area contributed by atoms with Crippen LogP contribution < -0.4 is 14.9 Å². The Labute approximate surface area is 199 Å². The average Bonchev–Trinajstić information content (AvgIpc) is 3.07. The van der Waals surface area contributed by atoms with Crippen LogP contribution >= 0.6 is 0 Å². The Hall–Kier alpha value is -3.54. The summed E-state index contributed by atoms with van der Waals surface area (Å²) in [6.07, 6.45) is 3.63. The molecule has 1 aliphatic heterocycles. The van der Waals surface area contributed by atoms with Crippen LogP contribution in [0.2, 0.25) is 0 Å². The van der Waals surface area contributed by atoms with Crippen molar-refractivity contribution in [2.24, 2.45) is 0 Å². The SMILES string of the molecule is C=CCN1C(=O)c2oc3cc(C)cc(C)c3c(=O)c2C1c1ccc(OCCCC)c(OCC)c1. The number of carbonyl (C=O) groups excluding carboxylic acids is 1. The molecule has 0 aliphatic carbocycles. The van der Waals surface area contributed by atoms with Crippen LogP contribution in [0.25, 0.3) is 11.0 Å². The molecule has 0 saturated heterocycles. The van der Waals surface area contributed by atoms with Crippen molar-refractivity contribution in [1.29, 1.82) is 0 Å². The van der Waals surface area contributed by atoms with Gasteiger partial charge in [-0.2, -0.15) is 0 Å². The summed E-state index contributed by atoms with van der Waals surface area (Å²) in [6, 6.07) is 8.75. The van der Waals surface area contributed by atoms with Gasteiger partial charge in [0.2, 0.25) is 5.76 Å². The van der Waals surface area contributed by atoms with E-state index in [1.54, 1.807) is 17.0 Å². The lowest BCUT2D eigenvalue weighted by Crippen LogP contribution is -2.29. The van der Waals surface area contributed by atoms with Crippen molar-refractivity contribution >= 4 is 16.9 Å². The van der Waals surface area contributed by atoms with Crippen LogP contribution in [-0.2, 0) is 0 Å². The van der Waals surface area contributed by atoms with Crippen molar-refractivity contribution in [3.05, 3.63) is 81.2 Å². The summed E-state index contributed by atoms with van der Waals surface area (Å²) >= 11 is 0. The fraction of sp³-hybridized carbons (Fsp3) is 0.357. The number of ether oxygens (including phenoxy) is 2. The average molecular weight is 462 g/mol. The number of fused-ring (bicyclic) bond motifs is 2. The van der Waals surface area contributed by atoms with Crippen LogP contribution in [0, 0.1) is 13.8 Å². The highest BCUT2D eigenvalue weighted by Gasteiger charge is 2.42. The second kappa shape index (κ2) is 9.75. The highest BCUT2D eigenvalue weighted by Crippen LogP contribution is 2.41. The van der Waals surface area contributed by atoms with E-state index >= 15 is 0 Å². The Kier molecular flexibility index (Phi) is 6.77. The Morgan fingerprint density at radius 1 is 1.09 bits per heavy atom. The van der Waals surface area contributed by atoms with Crippen LogP contribution in [0.4, 0.5) is 0 Å². The summed E-state index contributed by atoms with van der Waals surface area (Å²) in [6.45, 7) is 13.0. The van der Waals surface area contributed by atoms with Gasteiger partial charge in [0.15, 0.2) is 16.9 Å². The van der Waals surface area contributed by atoms with Gasteiger partial charge in [-0.15, -0.1) is 6.58 Å². The number of amides is 1. The number of nitrogens with zero attached hydrogens (tertiary/aromatic N) is 1. The first-order valence-corrected chi connectivity index (χ1v) is 11.8. The second-order valence-corrected chi connectivity index (χ2v) is 8.62. The maximum Gasteiger partial charge on any atom is 0.291 e. The Balaban J connectivity index is 1.90. The molecular formula is C28H31NO5. The number of aryl methyl sites for hydroxylation is 2. The minimum Gasteiger partial charge on any atom is -0.490 e. The predicted octanol–water partition coefficient (Wildman–Crippen LogP) is 5.72. The molecule has 0 spiro atoms. The summed E-state index contributed by atoms with van der Waals surface area (Å²) in [4.78, 5) is 28.8. The van der Waals surface area contributed by atoms with Crippen LogP contribution in [-0.4, -0.2) is 30.6 Å². The molecule has 1 unspecified atom stereocenters. The number of rotatable bonds is 9. The topological polar surface area (TPSA) is 69.0 Å². The fourth-order valence-corrected chi connectivity index (χ4v) is 4.60. The lowest BCUT2D eigenvalue weighted by Gasteiger charge is -2.24. The van der Waals surface area contributed by atoms with E-state index in [1.807, 2.05) is 45.0 Å². The van der Waals surface area contributed by atoms with Gasteiger partial charge in [0.05, 0.1) is 30.2 Å². The van der Waals surface area contributed by atoms with Crippen LogP contribution in [0.5, 0.6) is 11.5 Å². The number of unbranched alkanes of at least 4 members (excludes halogenated alkanes) is 1. The molecule has 4 rings (SSSR count). The summed E-state index contributed by atoms with van der Waals surface area (Å²) < 4.78 is 17.9. The molecule has 0 radical (unpaired) electrons. The van der Waals surface area contributed by atoms with E-state index < -0.39 is 6.04 Å². The Morgan fingerprint density at radius 3 is 2.59 bits per heavy atom. The summed E-state index contributed by atoms with van der Waals surface area (Å²) in [5, 5.41) is 0.507. The van der Waals surface area contributed by atoms with Crippen LogP contribution in [0.15, 0.2) is 52.2 Å². The van der Waals surface area contributed by atoms with Gasteiger partial charge in [-0.1, -0.05) is 31.6 Å². The monoisotopic (exact) mass is 461 g/mol. The van der Waals surface area contributed by atoms with E-state index in [-0.39, 0.29) is 23.6 Å². The molecular weight excluding hydrogens is 430 g/mol. The van der Waals surface area contributed by atoms with E-state index in [2.05, 4.69) is 13.5 Å². The van der Waals surface area contributed by atoms with Gasteiger partial charge in [0.25, 0.3) is 5.91 Å². The smallest absolute Gasteiger partial charge is 0.291 e. The van der Waals surface area contributed by atoms with Gasteiger partial charge in [-0.05, 0) is 62.1 Å². The predicted molar refractivity (Wildman–Crippen MR) is 133 cm³/mol. The number of carbonyl (C=O) groups is 1. The summed E-state index contributed by atoms with van der Waals surface area (Å²) in [5.74, 6) is 1.01. The van der Waals surface area contributed by atoms with Crippen molar-refractivity contribution in [2.75, 3.05) is 19.8 Å². The van der Waals surface area contributed by atoms with Gasteiger partial charge in [0, 0.05) is 6.54 Å². The first-order chi connectivity index (χ1) is 16.4. The first-order valence-electron chi connectivity index (χ1n) is 11.8. The zero-order valence-corrected chi connectivity index (χ0v) is 20.3. The van der Waals surface area contributed by atoms with Gasteiger partial charge in [-0.25, -0.2) is 0 Å². The molecule has 0 saturated carbocycles. The Bertz CT molecular complexity index is 1310. The van der Waals surface area contributed by atoms with Gasteiger partial charge in [0.1, 0.15) is 5.58 Å². The van der Waals surface area contributed by atoms with Crippen molar-refractivity contribution in [3.63, 3.8) is 0 Å². The molecule has 1 amide bonds. The van der Waals surface area contributed by atoms with E-state index in [9.17, 15) is 9.59 Å². The standard InChI is InChI=1S/C28H31NO5/c1-6-9-13-33-20-11-10-19(16-21(20)32-8-3)25-24-26(30)23-18(5)14-17(4)15-22(23)34-27(24)28(31)29(25)12-7-2/h7,10-11,14-16,25H,2,6,8-9,12-13H2,1,3-5H3. The molecule has 1 atom stereocenters. The molecule has 178 valence electrons. The maximum atomic E-state index is 13.8. The highest BCUT2D eigenvalue weighted by molar-refractivity contribution is 5.99.